The number of anilines is 1. The second-order valence-electron chi connectivity index (χ2n) is 7.25. The molecule has 9 heteroatoms. The van der Waals surface area contributed by atoms with Gasteiger partial charge >= 0.3 is 6.09 Å². The molecule has 3 rings (SSSR count). The van der Waals surface area contributed by atoms with Gasteiger partial charge in [-0.15, -0.1) is 24.0 Å². The third kappa shape index (κ3) is 8.29. The van der Waals surface area contributed by atoms with Crippen molar-refractivity contribution in [2.75, 3.05) is 45.8 Å². The lowest BCUT2D eigenvalue weighted by Gasteiger charge is -2.27. The van der Waals surface area contributed by atoms with Crippen LogP contribution in [0.3, 0.4) is 0 Å². The molecule has 0 saturated carbocycles. The van der Waals surface area contributed by atoms with Crippen molar-refractivity contribution in [3.63, 3.8) is 0 Å². The third-order valence-electron chi connectivity index (χ3n) is 5.13. The summed E-state index contributed by atoms with van der Waals surface area (Å²) in [6.07, 6.45) is -0.482. The van der Waals surface area contributed by atoms with Crippen LogP contribution in [0.2, 0.25) is 0 Å². The van der Waals surface area contributed by atoms with Gasteiger partial charge in [-0.3, -0.25) is 15.2 Å². The van der Waals surface area contributed by atoms with Gasteiger partial charge < -0.3 is 20.1 Å². The van der Waals surface area contributed by atoms with E-state index < -0.39 is 6.09 Å². The number of nitrogens with one attached hydrogen (secondary N) is 3. The molecule has 0 aromatic heterocycles. The van der Waals surface area contributed by atoms with Crippen LogP contribution in [0.5, 0.6) is 0 Å². The van der Waals surface area contributed by atoms with Crippen molar-refractivity contribution in [3.05, 3.63) is 65.2 Å². The van der Waals surface area contributed by atoms with Gasteiger partial charge in [-0.1, -0.05) is 36.4 Å². The molecule has 2 aromatic rings. The van der Waals surface area contributed by atoms with E-state index in [1.807, 2.05) is 24.3 Å². The Balaban J connectivity index is 0.00000363. The Hall–Kier alpha value is -2.37. The van der Waals surface area contributed by atoms with Crippen molar-refractivity contribution < 1.29 is 14.3 Å². The van der Waals surface area contributed by atoms with E-state index in [1.54, 1.807) is 7.05 Å². The minimum Gasteiger partial charge on any atom is -0.453 e. The average Bonchev–Trinajstić information content (AvgIpc) is 2.81. The maximum absolute atomic E-state index is 11.3. The van der Waals surface area contributed by atoms with E-state index >= 15 is 0 Å². The molecule has 0 unspecified atom stereocenters. The van der Waals surface area contributed by atoms with E-state index in [0.717, 1.165) is 44.4 Å². The summed E-state index contributed by atoms with van der Waals surface area (Å²) in [5.41, 5.74) is 4.34. The first kappa shape index (κ1) is 25.9. The van der Waals surface area contributed by atoms with Gasteiger partial charge in [-0.2, -0.15) is 0 Å². The number of carbonyl (C=O) groups is 1. The molecule has 3 N–H and O–H groups in total. The average molecular weight is 553 g/mol. The molecule has 1 saturated heterocycles. The number of rotatable bonds is 7. The highest BCUT2D eigenvalue weighted by Crippen LogP contribution is 2.13. The van der Waals surface area contributed by atoms with Gasteiger partial charge in [-0.25, -0.2) is 4.79 Å². The minimum atomic E-state index is -0.482. The standard InChI is InChI=1S/C23H31N5O3.HI/c1-24-22(25-15-18-7-9-21(10-8-18)27-23(29)30-2)26-16-19-5-3-4-6-20(19)17-28-11-13-31-14-12-28;/h3-10H,11-17H2,1-2H3,(H,27,29)(H2,24,25,26);1H. The van der Waals surface area contributed by atoms with E-state index in [0.29, 0.717) is 18.8 Å². The molecular formula is C23H32IN5O3. The van der Waals surface area contributed by atoms with Crippen LogP contribution in [0.1, 0.15) is 16.7 Å². The molecule has 1 heterocycles. The number of hydrogen-bond donors (Lipinski definition) is 3. The largest absolute Gasteiger partial charge is 0.453 e. The van der Waals surface area contributed by atoms with Gasteiger partial charge in [0.15, 0.2) is 5.96 Å². The Morgan fingerprint density at radius 2 is 1.69 bits per heavy atom. The maximum atomic E-state index is 11.3. The summed E-state index contributed by atoms with van der Waals surface area (Å²) in [5.74, 6) is 0.734. The Bertz CT molecular complexity index is 870. The molecule has 32 heavy (non-hydrogen) atoms. The predicted molar refractivity (Wildman–Crippen MR) is 137 cm³/mol. The summed E-state index contributed by atoms with van der Waals surface area (Å²) < 4.78 is 10.0. The number of aliphatic imine (C=N–C) groups is 1. The van der Waals surface area contributed by atoms with Crippen LogP contribution >= 0.6 is 24.0 Å². The van der Waals surface area contributed by atoms with E-state index in [4.69, 9.17) is 4.74 Å². The summed E-state index contributed by atoms with van der Waals surface area (Å²) >= 11 is 0. The van der Waals surface area contributed by atoms with Crippen LogP contribution in [-0.4, -0.2) is 57.4 Å². The zero-order valence-electron chi connectivity index (χ0n) is 18.6. The monoisotopic (exact) mass is 553 g/mol. The lowest BCUT2D eigenvalue weighted by molar-refractivity contribution is 0.0341. The topological polar surface area (TPSA) is 87.2 Å². The first-order chi connectivity index (χ1) is 15.2. The van der Waals surface area contributed by atoms with Gasteiger partial charge in [0.1, 0.15) is 0 Å². The lowest BCUT2D eigenvalue weighted by atomic mass is 10.1. The summed E-state index contributed by atoms with van der Waals surface area (Å²) in [5, 5.41) is 9.37. The number of carbonyl (C=O) groups excluding carboxylic acids is 1. The SMILES string of the molecule is CN=C(NCc1ccc(NC(=O)OC)cc1)NCc1ccccc1CN1CCOCC1.I. The molecule has 8 nitrogen and oxygen atoms in total. The van der Waals surface area contributed by atoms with E-state index in [1.165, 1.54) is 18.2 Å². The van der Waals surface area contributed by atoms with Crippen molar-refractivity contribution >= 4 is 41.7 Å². The van der Waals surface area contributed by atoms with Crippen LogP contribution in [0.4, 0.5) is 10.5 Å². The number of nitrogens with zero attached hydrogens (tertiary/aromatic N) is 2. The molecule has 0 radical (unpaired) electrons. The highest BCUT2D eigenvalue weighted by Gasteiger charge is 2.12. The van der Waals surface area contributed by atoms with Crippen LogP contribution < -0.4 is 16.0 Å². The fourth-order valence-electron chi connectivity index (χ4n) is 3.34. The summed E-state index contributed by atoms with van der Waals surface area (Å²) in [4.78, 5) is 18.0. The number of guanidine groups is 1. The molecule has 0 spiro atoms. The van der Waals surface area contributed by atoms with Crippen molar-refractivity contribution in [1.82, 2.24) is 15.5 Å². The van der Waals surface area contributed by atoms with Crippen molar-refractivity contribution in [1.29, 1.82) is 0 Å². The molecule has 1 aliphatic heterocycles. The Morgan fingerprint density at radius 3 is 2.34 bits per heavy atom. The lowest BCUT2D eigenvalue weighted by Crippen LogP contribution is -2.37. The first-order valence-corrected chi connectivity index (χ1v) is 10.4. The van der Waals surface area contributed by atoms with Crippen molar-refractivity contribution in [2.24, 2.45) is 4.99 Å². The minimum absolute atomic E-state index is 0. The molecular weight excluding hydrogens is 521 g/mol. The predicted octanol–water partition coefficient (Wildman–Crippen LogP) is 3.18. The molecule has 0 atom stereocenters. The summed E-state index contributed by atoms with van der Waals surface area (Å²) in [6, 6.07) is 16.1. The van der Waals surface area contributed by atoms with Gasteiger partial charge in [0.05, 0.1) is 20.3 Å². The number of halogens is 1. The Kier molecular flexibility index (Phi) is 11.3. The number of benzene rings is 2. The molecule has 0 bridgehead atoms. The Labute approximate surface area is 206 Å². The summed E-state index contributed by atoms with van der Waals surface area (Å²) in [6.45, 7) is 5.79. The number of amides is 1. The quantitative estimate of drug-likeness (QED) is 0.278. The van der Waals surface area contributed by atoms with Crippen LogP contribution in [0.15, 0.2) is 53.5 Å². The molecule has 2 aromatic carbocycles. The van der Waals surface area contributed by atoms with E-state index in [2.05, 4.69) is 54.8 Å². The molecule has 1 fully saturated rings. The molecule has 0 aliphatic carbocycles. The summed E-state index contributed by atoms with van der Waals surface area (Å²) in [7, 11) is 3.10. The van der Waals surface area contributed by atoms with E-state index in [9.17, 15) is 4.79 Å². The fourth-order valence-corrected chi connectivity index (χ4v) is 3.34. The van der Waals surface area contributed by atoms with E-state index in [-0.39, 0.29) is 24.0 Å². The van der Waals surface area contributed by atoms with Crippen LogP contribution in [0, 0.1) is 0 Å². The number of methoxy groups -OCH3 is 1. The third-order valence-corrected chi connectivity index (χ3v) is 5.13. The number of morpholine rings is 1. The van der Waals surface area contributed by atoms with Gasteiger partial charge in [-0.05, 0) is 28.8 Å². The Morgan fingerprint density at radius 1 is 1.03 bits per heavy atom. The zero-order chi connectivity index (χ0) is 21.9. The molecule has 1 amide bonds. The van der Waals surface area contributed by atoms with Crippen molar-refractivity contribution in [3.8, 4) is 0 Å². The second kappa shape index (κ2) is 13.9. The highest BCUT2D eigenvalue weighted by molar-refractivity contribution is 14.0. The van der Waals surface area contributed by atoms with Gasteiger partial charge in [0.25, 0.3) is 0 Å². The number of hydrogen-bond acceptors (Lipinski definition) is 5. The zero-order valence-corrected chi connectivity index (χ0v) is 20.9. The fraction of sp³-hybridized carbons (Fsp3) is 0.391. The first-order valence-electron chi connectivity index (χ1n) is 10.4. The maximum Gasteiger partial charge on any atom is 0.411 e. The van der Waals surface area contributed by atoms with Gasteiger partial charge in [0.2, 0.25) is 0 Å². The molecule has 174 valence electrons. The van der Waals surface area contributed by atoms with Crippen LogP contribution in [-0.2, 0) is 29.1 Å². The second-order valence-corrected chi connectivity index (χ2v) is 7.25. The molecule has 1 aliphatic rings. The number of ether oxygens (including phenoxy) is 2. The highest BCUT2D eigenvalue weighted by atomic mass is 127. The van der Waals surface area contributed by atoms with Gasteiger partial charge in [0, 0.05) is 45.5 Å². The van der Waals surface area contributed by atoms with Crippen LogP contribution in [0.25, 0.3) is 0 Å². The van der Waals surface area contributed by atoms with Crippen molar-refractivity contribution in [2.45, 2.75) is 19.6 Å². The normalized spacial score (nSPS) is 14.2. The smallest absolute Gasteiger partial charge is 0.411 e.